The lowest BCUT2D eigenvalue weighted by Crippen LogP contribution is -2.07. The summed E-state index contributed by atoms with van der Waals surface area (Å²) in [5.74, 6) is 1.82. The summed E-state index contributed by atoms with van der Waals surface area (Å²) in [5, 5.41) is 4.34. The molecule has 0 unspecified atom stereocenters. The van der Waals surface area contributed by atoms with Crippen LogP contribution >= 0.6 is 27.7 Å². The van der Waals surface area contributed by atoms with E-state index in [1.165, 1.54) is 4.90 Å². The lowest BCUT2D eigenvalue weighted by atomic mass is 10.3. The number of benzene rings is 1. The highest BCUT2D eigenvalue weighted by atomic mass is 79.9. The van der Waals surface area contributed by atoms with Crippen LogP contribution in [-0.2, 0) is 6.42 Å². The predicted octanol–water partition coefficient (Wildman–Crippen LogP) is 4.69. The smallest absolute Gasteiger partial charge is 0.133 e. The molecule has 20 heavy (non-hydrogen) atoms. The van der Waals surface area contributed by atoms with Crippen molar-refractivity contribution < 1.29 is 0 Å². The van der Waals surface area contributed by atoms with E-state index in [1.807, 2.05) is 12.1 Å². The van der Waals surface area contributed by atoms with Crippen LogP contribution in [0.2, 0.25) is 0 Å². The number of nitrogens with one attached hydrogen (secondary N) is 1. The Morgan fingerprint density at radius 2 is 1.85 bits per heavy atom. The Kier molecular flexibility index (Phi) is 5.43. The molecule has 0 aliphatic rings. The predicted molar refractivity (Wildman–Crippen MR) is 88.6 cm³/mol. The van der Waals surface area contributed by atoms with Crippen molar-refractivity contribution in [2.75, 3.05) is 11.9 Å². The van der Waals surface area contributed by atoms with Gasteiger partial charge in [-0.05, 0) is 38.1 Å². The van der Waals surface area contributed by atoms with Crippen molar-refractivity contribution in [3.63, 3.8) is 0 Å². The number of hydrogen-bond acceptors (Lipinski definition) is 4. The molecule has 1 heterocycles. The molecule has 0 spiro atoms. The van der Waals surface area contributed by atoms with Crippen molar-refractivity contribution in [2.24, 2.45) is 0 Å². The first-order chi connectivity index (χ1) is 9.63. The lowest BCUT2D eigenvalue weighted by Gasteiger charge is -2.12. The maximum absolute atomic E-state index is 4.65. The zero-order valence-electron chi connectivity index (χ0n) is 11.9. The van der Waals surface area contributed by atoms with E-state index in [0.29, 0.717) is 0 Å². The topological polar surface area (TPSA) is 37.8 Å². The fraction of sp³-hybridized carbons (Fsp3) is 0.333. The van der Waals surface area contributed by atoms with E-state index in [0.717, 1.165) is 39.7 Å². The van der Waals surface area contributed by atoms with Crippen LogP contribution < -0.4 is 5.32 Å². The van der Waals surface area contributed by atoms with E-state index < -0.39 is 0 Å². The summed E-state index contributed by atoms with van der Waals surface area (Å²) < 4.78 is 1.09. The van der Waals surface area contributed by atoms with Gasteiger partial charge < -0.3 is 5.32 Å². The average molecular weight is 352 g/mol. The van der Waals surface area contributed by atoms with E-state index in [-0.39, 0.29) is 0 Å². The molecule has 0 aliphatic carbocycles. The molecular formula is C15H18BrN3S. The summed E-state index contributed by atoms with van der Waals surface area (Å²) in [6.07, 6.45) is 0.840. The fourth-order valence-electron chi connectivity index (χ4n) is 1.75. The number of hydrogen-bond donors (Lipinski definition) is 1. The number of rotatable bonds is 5. The Bertz CT molecular complexity index is 584. The van der Waals surface area contributed by atoms with E-state index >= 15 is 0 Å². The zero-order valence-corrected chi connectivity index (χ0v) is 14.3. The molecule has 0 atom stereocenters. The highest BCUT2D eigenvalue weighted by molar-refractivity contribution is 9.10. The van der Waals surface area contributed by atoms with Gasteiger partial charge in [-0.15, -0.1) is 0 Å². The standard InChI is InChI=1S/C15H18BrN3S/c1-4-13-18-14(17-5-2)10(3)15(19-13)20-12-8-6-11(16)7-9-12/h6-9H,4-5H2,1-3H3,(H,17,18,19). The van der Waals surface area contributed by atoms with Crippen LogP contribution in [0.25, 0.3) is 0 Å². The molecule has 5 heteroatoms. The maximum atomic E-state index is 4.65. The van der Waals surface area contributed by atoms with Gasteiger partial charge in [0.1, 0.15) is 16.7 Å². The van der Waals surface area contributed by atoms with Gasteiger partial charge in [-0.1, -0.05) is 34.6 Å². The van der Waals surface area contributed by atoms with Gasteiger partial charge in [0.25, 0.3) is 0 Å². The van der Waals surface area contributed by atoms with Crippen molar-refractivity contribution in [1.82, 2.24) is 9.97 Å². The molecule has 0 bridgehead atoms. The van der Waals surface area contributed by atoms with Gasteiger partial charge in [-0.2, -0.15) is 0 Å². The van der Waals surface area contributed by atoms with Crippen molar-refractivity contribution >= 4 is 33.5 Å². The summed E-state index contributed by atoms with van der Waals surface area (Å²) in [6.45, 7) is 7.09. The van der Waals surface area contributed by atoms with Crippen molar-refractivity contribution in [3.05, 3.63) is 40.1 Å². The molecule has 0 amide bonds. The fourth-order valence-corrected chi connectivity index (χ4v) is 2.91. The third-order valence-electron chi connectivity index (χ3n) is 2.84. The molecule has 0 fully saturated rings. The second kappa shape index (κ2) is 7.09. The summed E-state index contributed by atoms with van der Waals surface area (Å²) >= 11 is 5.14. The molecule has 0 saturated carbocycles. The van der Waals surface area contributed by atoms with E-state index in [4.69, 9.17) is 0 Å². The average Bonchev–Trinajstić information content (AvgIpc) is 2.45. The minimum atomic E-state index is 0.840. The van der Waals surface area contributed by atoms with Gasteiger partial charge in [0.05, 0.1) is 0 Å². The molecule has 106 valence electrons. The molecule has 2 rings (SSSR count). The highest BCUT2D eigenvalue weighted by Gasteiger charge is 2.11. The van der Waals surface area contributed by atoms with Crippen LogP contribution in [0.1, 0.15) is 25.2 Å². The molecular weight excluding hydrogens is 334 g/mol. The van der Waals surface area contributed by atoms with Crippen molar-refractivity contribution in [1.29, 1.82) is 0 Å². The SMILES string of the molecule is CCNc1nc(CC)nc(Sc2ccc(Br)cc2)c1C. The number of nitrogens with zero attached hydrogens (tertiary/aromatic N) is 2. The number of aryl methyl sites for hydroxylation is 1. The quantitative estimate of drug-likeness (QED) is 0.792. The largest absolute Gasteiger partial charge is 0.370 e. The second-order valence-corrected chi connectivity index (χ2v) is 6.34. The molecule has 0 aliphatic heterocycles. The normalized spacial score (nSPS) is 10.6. The Morgan fingerprint density at radius 3 is 2.45 bits per heavy atom. The maximum Gasteiger partial charge on any atom is 0.133 e. The number of halogens is 1. The summed E-state index contributed by atoms with van der Waals surface area (Å²) in [4.78, 5) is 10.4. The van der Waals surface area contributed by atoms with Crippen molar-refractivity contribution in [3.8, 4) is 0 Å². The Balaban J connectivity index is 2.34. The molecule has 1 N–H and O–H groups in total. The van der Waals surface area contributed by atoms with Gasteiger partial charge >= 0.3 is 0 Å². The molecule has 3 nitrogen and oxygen atoms in total. The number of anilines is 1. The molecule has 0 radical (unpaired) electrons. The van der Waals surface area contributed by atoms with Crippen LogP contribution in [0.4, 0.5) is 5.82 Å². The molecule has 1 aromatic heterocycles. The van der Waals surface area contributed by atoms with E-state index in [2.05, 4.69) is 64.1 Å². The van der Waals surface area contributed by atoms with E-state index in [9.17, 15) is 0 Å². The second-order valence-electron chi connectivity index (χ2n) is 4.36. The Labute approximate surface area is 132 Å². The van der Waals surface area contributed by atoms with Gasteiger partial charge in [0.2, 0.25) is 0 Å². The first-order valence-electron chi connectivity index (χ1n) is 6.68. The minimum Gasteiger partial charge on any atom is -0.370 e. The Hall–Kier alpha value is -1.07. The first-order valence-corrected chi connectivity index (χ1v) is 8.29. The van der Waals surface area contributed by atoms with E-state index in [1.54, 1.807) is 11.8 Å². The summed E-state index contributed by atoms with van der Waals surface area (Å²) in [6, 6.07) is 8.28. The van der Waals surface area contributed by atoms with Crippen molar-refractivity contribution in [2.45, 2.75) is 37.1 Å². The third kappa shape index (κ3) is 3.73. The monoisotopic (exact) mass is 351 g/mol. The molecule has 1 aromatic carbocycles. The van der Waals surface area contributed by atoms with Gasteiger partial charge in [0.15, 0.2) is 0 Å². The molecule has 2 aromatic rings. The Morgan fingerprint density at radius 1 is 1.15 bits per heavy atom. The van der Waals surface area contributed by atoms with Gasteiger partial charge in [-0.3, -0.25) is 0 Å². The van der Waals surface area contributed by atoms with Crippen LogP contribution in [0, 0.1) is 6.92 Å². The summed E-state index contributed by atoms with van der Waals surface area (Å²) in [7, 11) is 0. The van der Waals surface area contributed by atoms with Gasteiger partial charge in [-0.25, -0.2) is 9.97 Å². The zero-order chi connectivity index (χ0) is 14.5. The van der Waals surface area contributed by atoms with Crippen LogP contribution in [0.5, 0.6) is 0 Å². The summed E-state index contributed by atoms with van der Waals surface area (Å²) in [5.41, 5.74) is 1.11. The first kappa shape index (κ1) is 15.3. The molecule has 0 saturated heterocycles. The minimum absolute atomic E-state index is 0.840. The van der Waals surface area contributed by atoms with Crippen LogP contribution in [-0.4, -0.2) is 16.5 Å². The third-order valence-corrected chi connectivity index (χ3v) is 4.46. The van der Waals surface area contributed by atoms with Crippen LogP contribution in [0.15, 0.2) is 38.7 Å². The van der Waals surface area contributed by atoms with Gasteiger partial charge in [0, 0.05) is 27.9 Å². The van der Waals surface area contributed by atoms with Crippen LogP contribution in [0.3, 0.4) is 0 Å². The lowest BCUT2D eigenvalue weighted by molar-refractivity contribution is 0.870. The highest BCUT2D eigenvalue weighted by Crippen LogP contribution is 2.32. The number of aromatic nitrogens is 2.